The van der Waals surface area contributed by atoms with Crippen molar-refractivity contribution in [3.8, 4) is 0 Å². The standard InChI is InChI=1S/C8H19NO3/c1-8(2,3)12-7(6-10)11-5-4-9/h7,10H,4-6,9H2,1-3H3. The first-order valence-electron chi connectivity index (χ1n) is 4.10. The predicted octanol–water partition coefficient (Wildman–Crippen LogP) is 0.0952. The van der Waals surface area contributed by atoms with Crippen molar-refractivity contribution in [2.24, 2.45) is 5.73 Å². The quantitative estimate of drug-likeness (QED) is 0.584. The Bertz CT molecular complexity index is 111. The minimum Gasteiger partial charge on any atom is -0.391 e. The second-order valence-electron chi connectivity index (χ2n) is 3.50. The lowest BCUT2D eigenvalue weighted by Crippen LogP contribution is -2.33. The summed E-state index contributed by atoms with van der Waals surface area (Å²) in [6, 6.07) is 0. The highest BCUT2D eigenvalue weighted by Crippen LogP contribution is 2.10. The molecular formula is C8H19NO3. The highest BCUT2D eigenvalue weighted by Gasteiger charge is 2.17. The van der Waals surface area contributed by atoms with E-state index in [2.05, 4.69) is 0 Å². The van der Waals surface area contributed by atoms with Gasteiger partial charge in [0.1, 0.15) is 0 Å². The maximum absolute atomic E-state index is 8.83. The topological polar surface area (TPSA) is 64.7 Å². The number of hydrogen-bond donors (Lipinski definition) is 2. The van der Waals surface area contributed by atoms with Crippen molar-refractivity contribution in [3.05, 3.63) is 0 Å². The van der Waals surface area contributed by atoms with Crippen LogP contribution < -0.4 is 5.73 Å². The molecule has 1 atom stereocenters. The van der Waals surface area contributed by atoms with Gasteiger partial charge in [-0.1, -0.05) is 0 Å². The van der Waals surface area contributed by atoms with Crippen molar-refractivity contribution >= 4 is 0 Å². The van der Waals surface area contributed by atoms with Crippen LogP contribution in [0.25, 0.3) is 0 Å². The molecule has 0 aromatic carbocycles. The van der Waals surface area contributed by atoms with Gasteiger partial charge in [0, 0.05) is 6.54 Å². The number of rotatable bonds is 5. The Morgan fingerprint density at radius 3 is 2.33 bits per heavy atom. The fourth-order valence-corrected chi connectivity index (χ4v) is 0.718. The van der Waals surface area contributed by atoms with Crippen molar-refractivity contribution in [2.45, 2.75) is 32.7 Å². The first kappa shape index (κ1) is 11.8. The van der Waals surface area contributed by atoms with Crippen LogP contribution in [0, 0.1) is 0 Å². The highest BCUT2D eigenvalue weighted by atomic mass is 16.7. The first-order chi connectivity index (χ1) is 5.49. The van der Waals surface area contributed by atoms with Crippen LogP contribution in [0.1, 0.15) is 20.8 Å². The van der Waals surface area contributed by atoms with Gasteiger partial charge in [0.15, 0.2) is 6.29 Å². The van der Waals surface area contributed by atoms with Gasteiger partial charge in [-0.2, -0.15) is 0 Å². The average Bonchev–Trinajstić information content (AvgIpc) is 1.95. The van der Waals surface area contributed by atoms with E-state index in [1.807, 2.05) is 20.8 Å². The molecule has 0 heterocycles. The highest BCUT2D eigenvalue weighted by molar-refractivity contribution is 4.60. The molecular weight excluding hydrogens is 158 g/mol. The fourth-order valence-electron chi connectivity index (χ4n) is 0.718. The molecule has 0 fully saturated rings. The van der Waals surface area contributed by atoms with E-state index in [9.17, 15) is 0 Å². The second-order valence-corrected chi connectivity index (χ2v) is 3.50. The monoisotopic (exact) mass is 177 g/mol. The number of aliphatic hydroxyl groups is 1. The summed E-state index contributed by atoms with van der Waals surface area (Å²) in [4.78, 5) is 0. The molecule has 0 aliphatic heterocycles. The number of nitrogens with two attached hydrogens (primary N) is 1. The molecule has 0 saturated carbocycles. The maximum atomic E-state index is 8.83. The lowest BCUT2D eigenvalue weighted by Gasteiger charge is -2.26. The molecule has 0 aromatic heterocycles. The summed E-state index contributed by atoms with van der Waals surface area (Å²) in [6.45, 7) is 6.41. The van der Waals surface area contributed by atoms with Crippen molar-refractivity contribution < 1.29 is 14.6 Å². The van der Waals surface area contributed by atoms with Gasteiger partial charge in [-0.05, 0) is 20.8 Å². The summed E-state index contributed by atoms with van der Waals surface area (Å²) in [5.74, 6) is 0. The Kier molecular flexibility index (Phi) is 5.41. The van der Waals surface area contributed by atoms with Gasteiger partial charge < -0.3 is 20.3 Å². The molecule has 0 rings (SSSR count). The van der Waals surface area contributed by atoms with E-state index in [-0.39, 0.29) is 12.2 Å². The third-order valence-corrected chi connectivity index (χ3v) is 1.06. The third kappa shape index (κ3) is 6.54. The van der Waals surface area contributed by atoms with Crippen LogP contribution in [0.3, 0.4) is 0 Å². The average molecular weight is 177 g/mol. The van der Waals surface area contributed by atoms with Crippen LogP contribution in [0.4, 0.5) is 0 Å². The van der Waals surface area contributed by atoms with E-state index in [1.165, 1.54) is 0 Å². The Morgan fingerprint density at radius 2 is 2.00 bits per heavy atom. The van der Waals surface area contributed by atoms with Crippen LogP contribution in [-0.4, -0.2) is 36.8 Å². The fraction of sp³-hybridized carbons (Fsp3) is 1.00. The summed E-state index contributed by atoms with van der Waals surface area (Å²) < 4.78 is 10.5. The molecule has 12 heavy (non-hydrogen) atoms. The summed E-state index contributed by atoms with van der Waals surface area (Å²) in [6.07, 6.45) is -0.562. The normalized spacial score (nSPS) is 14.8. The SMILES string of the molecule is CC(C)(C)OC(CO)OCCN. The van der Waals surface area contributed by atoms with Crippen LogP contribution in [-0.2, 0) is 9.47 Å². The molecule has 74 valence electrons. The van der Waals surface area contributed by atoms with Crippen LogP contribution in [0.2, 0.25) is 0 Å². The van der Waals surface area contributed by atoms with Gasteiger partial charge in [0.2, 0.25) is 0 Å². The molecule has 4 heteroatoms. The number of aliphatic hydroxyl groups excluding tert-OH is 1. The van der Waals surface area contributed by atoms with Crippen molar-refractivity contribution in [3.63, 3.8) is 0 Å². The van der Waals surface area contributed by atoms with Crippen molar-refractivity contribution in [1.82, 2.24) is 0 Å². The zero-order valence-electron chi connectivity index (χ0n) is 8.04. The summed E-state index contributed by atoms with van der Waals surface area (Å²) in [7, 11) is 0. The second kappa shape index (κ2) is 5.48. The number of hydrogen-bond acceptors (Lipinski definition) is 4. The van der Waals surface area contributed by atoms with Gasteiger partial charge in [0.05, 0.1) is 18.8 Å². The van der Waals surface area contributed by atoms with Crippen LogP contribution >= 0.6 is 0 Å². The molecule has 0 aliphatic rings. The Labute approximate surface area is 73.7 Å². The summed E-state index contributed by atoms with van der Waals surface area (Å²) in [5, 5.41) is 8.83. The Hall–Kier alpha value is -0.160. The molecule has 3 N–H and O–H groups in total. The molecule has 1 unspecified atom stereocenters. The number of ether oxygens (including phenoxy) is 2. The minimum absolute atomic E-state index is 0.142. The predicted molar refractivity (Wildman–Crippen MR) is 46.7 cm³/mol. The largest absolute Gasteiger partial charge is 0.391 e. The van der Waals surface area contributed by atoms with E-state index in [1.54, 1.807) is 0 Å². The Balaban J connectivity index is 3.67. The molecule has 0 amide bonds. The molecule has 0 spiro atoms. The van der Waals surface area contributed by atoms with E-state index in [4.69, 9.17) is 20.3 Å². The zero-order valence-corrected chi connectivity index (χ0v) is 8.04. The van der Waals surface area contributed by atoms with Gasteiger partial charge in [-0.3, -0.25) is 0 Å². The summed E-state index contributed by atoms with van der Waals surface area (Å²) >= 11 is 0. The molecule has 0 aromatic rings. The third-order valence-electron chi connectivity index (χ3n) is 1.06. The molecule has 0 saturated heterocycles. The van der Waals surface area contributed by atoms with Crippen LogP contribution in [0.15, 0.2) is 0 Å². The lowest BCUT2D eigenvalue weighted by atomic mass is 10.2. The van der Waals surface area contributed by atoms with Gasteiger partial charge >= 0.3 is 0 Å². The maximum Gasteiger partial charge on any atom is 0.181 e. The van der Waals surface area contributed by atoms with Crippen LogP contribution in [0.5, 0.6) is 0 Å². The smallest absolute Gasteiger partial charge is 0.181 e. The molecule has 4 nitrogen and oxygen atoms in total. The van der Waals surface area contributed by atoms with Crippen molar-refractivity contribution in [2.75, 3.05) is 19.8 Å². The van der Waals surface area contributed by atoms with Gasteiger partial charge in [-0.25, -0.2) is 0 Å². The van der Waals surface area contributed by atoms with E-state index >= 15 is 0 Å². The van der Waals surface area contributed by atoms with E-state index in [0.717, 1.165) is 0 Å². The molecule has 0 bridgehead atoms. The first-order valence-corrected chi connectivity index (χ1v) is 4.10. The van der Waals surface area contributed by atoms with E-state index < -0.39 is 6.29 Å². The minimum atomic E-state index is -0.562. The van der Waals surface area contributed by atoms with Gasteiger partial charge in [0.25, 0.3) is 0 Å². The van der Waals surface area contributed by atoms with E-state index in [0.29, 0.717) is 13.2 Å². The molecule has 0 aliphatic carbocycles. The van der Waals surface area contributed by atoms with Crippen molar-refractivity contribution in [1.29, 1.82) is 0 Å². The zero-order chi connectivity index (χ0) is 9.61. The summed E-state index contributed by atoms with van der Waals surface area (Å²) in [5.41, 5.74) is 4.93. The Morgan fingerprint density at radius 1 is 1.42 bits per heavy atom. The molecule has 0 radical (unpaired) electrons. The lowest BCUT2D eigenvalue weighted by molar-refractivity contribution is -0.208. The van der Waals surface area contributed by atoms with Gasteiger partial charge in [-0.15, -0.1) is 0 Å².